The maximum atomic E-state index is 5.31. The molecule has 0 aliphatic carbocycles. The highest BCUT2D eigenvalue weighted by Crippen LogP contribution is 2.36. The van der Waals surface area contributed by atoms with Gasteiger partial charge in [0.2, 0.25) is 0 Å². The number of aryl methyl sites for hydroxylation is 1. The Bertz CT molecular complexity index is 820. The van der Waals surface area contributed by atoms with Crippen molar-refractivity contribution in [3.63, 3.8) is 0 Å². The van der Waals surface area contributed by atoms with Gasteiger partial charge >= 0.3 is 0 Å². The summed E-state index contributed by atoms with van der Waals surface area (Å²) < 4.78 is 5.31. The first-order chi connectivity index (χ1) is 12.6. The van der Waals surface area contributed by atoms with Gasteiger partial charge in [-0.25, -0.2) is 0 Å². The average Bonchev–Trinajstić information content (AvgIpc) is 2.70. The van der Waals surface area contributed by atoms with Crippen molar-refractivity contribution in [1.29, 1.82) is 0 Å². The highest BCUT2D eigenvalue weighted by molar-refractivity contribution is 5.76. The molecule has 0 fully saturated rings. The molecule has 2 heteroatoms. The number of anilines is 3. The molecular weight excluding hydrogens is 318 g/mol. The van der Waals surface area contributed by atoms with Gasteiger partial charge in [-0.3, -0.25) is 0 Å². The second-order valence-electron chi connectivity index (χ2n) is 6.77. The molecule has 2 nitrogen and oxygen atoms in total. The summed E-state index contributed by atoms with van der Waals surface area (Å²) in [4.78, 5) is 2.28. The molecule has 0 N–H and O–H groups in total. The van der Waals surface area contributed by atoms with Crippen LogP contribution in [0.2, 0.25) is 0 Å². The van der Waals surface area contributed by atoms with E-state index >= 15 is 0 Å². The largest absolute Gasteiger partial charge is 0.497 e. The molecule has 0 heterocycles. The van der Waals surface area contributed by atoms with Gasteiger partial charge in [-0.15, -0.1) is 0 Å². The number of methoxy groups -OCH3 is 1. The average molecular weight is 345 g/mol. The van der Waals surface area contributed by atoms with E-state index in [2.05, 4.69) is 86.3 Å². The highest BCUT2D eigenvalue weighted by Gasteiger charge is 2.13. The molecule has 3 aromatic carbocycles. The van der Waals surface area contributed by atoms with Crippen LogP contribution < -0.4 is 9.64 Å². The van der Waals surface area contributed by atoms with Gasteiger partial charge in [-0.1, -0.05) is 43.7 Å². The van der Waals surface area contributed by atoms with E-state index in [1.54, 1.807) is 7.11 Å². The Hall–Kier alpha value is -2.74. The Morgan fingerprint density at radius 1 is 0.769 bits per heavy atom. The summed E-state index contributed by atoms with van der Waals surface area (Å²) in [5.74, 6) is 1.45. The molecule has 0 spiro atoms. The Labute approximate surface area is 157 Å². The monoisotopic (exact) mass is 345 g/mol. The smallest absolute Gasteiger partial charge is 0.119 e. The van der Waals surface area contributed by atoms with Crippen molar-refractivity contribution in [2.75, 3.05) is 12.0 Å². The first-order valence-electron chi connectivity index (χ1n) is 9.23. The fourth-order valence-electron chi connectivity index (χ4n) is 3.06. The number of hydrogen-bond acceptors (Lipinski definition) is 2. The topological polar surface area (TPSA) is 12.5 Å². The van der Waals surface area contributed by atoms with E-state index < -0.39 is 0 Å². The number of rotatable bonds is 6. The lowest BCUT2D eigenvalue weighted by Crippen LogP contribution is -2.10. The van der Waals surface area contributed by atoms with Crippen LogP contribution in [0.3, 0.4) is 0 Å². The molecular formula is C24H27NO. The second kappa shape index (κ2) is 8.09. The Morgan fingerprint density at radius 2 is 1.23 bits per heavy atom. The molecule has 0 bridgehead atoms. The molecule has 0 saturated heterocycles. The maximum absolute atomic E-state index is 5.31. The van der Waals surface area contributed by atoms with Gasteiger partial charge in [0.25, 0.3) is 0 Å². The van der Waals surface area contributed by atoms with E-state index in [0.717, 1.165) is 29.2 Å². The zero-order valence-corrected chi connectivity index (χ0v) is 16.1. The Morgan fingerprint density at radius 3 is 1.69 bits per heavy atom. The van der Waals surface area contributed by atoms with E-state index in [0.29, 0.717) is 5.92 Å². The molecule has 1 atom stereocenters. The lowest BCUT2D eigenvalue weighted by atomic mass is 9.98. The van der Waals surface area contributed by atoms with Crippen LogP contribution in [0.1, 0.15) is 37.3 Å². The van der Waals surface area contributed by atoms with E-state index in [4.69, 9.17) is 4.74 Å². The van der Waals surface area contributed by atoms with Crippen molar-refractivity contribution in [2.45, 2.75) is 33.1 Å². The van der Waals surface area contributed by atoms with E-state index in [1.165, 1.54) is 11.1 Å². The van der Waals surface area contributed by atoms with Gasteiger partial charge in [0.05, 0.1) is 7.11 Å². The van der Waals surface area contributed by atoms with Crippen LogP contribution in [0.25, 0.3) is 0 Å². The fourth-order valence-corrected chi connectivity index (χ4v) is 3.06. The first-order valence-corrected chi connectivity index (χ1v) is 9.23. The molecule has 0 saturated carbocycles. The van der Waals surface area contributed by atoms with Gasteiger partial charge < -0.3 is 9.64 Å². The predicted octanol–water partition coefficient (Wildman–Crippen LogP) is 6.99. The van der Waals surface area contributed by atoms with Gasteiger partial charge in [-0.2, -0.15) is 0 Å². The van der Waals surface area contributed by atoms with Gasteiger partial charge in [0.15, 0.2) is 0 Å². The summed E-state index contributed by atoms with van der Waals surface area (Å²) in [5.41, 5.74) is 6.07. The Kier molecular flexibility index (Phi) is 5.62. The van der Waals surface area contributed by atoms with Crippen LogP contribution in [-0.4, -0.2) is 7.11 Å². The molecule has 0 aliphatic rings. The van der Waals surface area contributed by atoms with Crippen LogP contribution in [0.5, 0.6) is 5.75 Å². The number of hydrogen-bond donors (Lipinski definition) is 0. The molecule has 3 aromatic rings. The molecule has 134 valence electrons. The zero-order chi connectivity index (χ0) is 18.5. The summed E-state index contributed by atoms with van der Waals surface area (Å²) in [6.45, 7) is 6.62. The van der Waals surface area contributed by atoms with Gasteiger partial charge in [-0.05, 0) is 73.4 Å². The third kappa shape index (κ3) is 3.91. The minimum atomic E-state index is 0.581. The molecule has 0 radical (unpaired) electrons. The molecule has 0 aromatic heterocycles. The third-order valence-corrected chi connectivity index (χ3v) is 4.96. The van der Waals surface area contributed by atoms with Crippen LogP contribution in [0.4, 0.5) is 17.1 Å². The number of benzene rings is 3. The number of nitrogens with zero attached hydrogens (tertiary/aromatic N) is 1. The Balaban J connectivity index is 2.03. The van der Waals surface area contributed by atoms with Gasteiger partial charge in [0.1, 0.15) is 5.75 Å². The third-order valence-electron chi connectivity index (χ3n) is 4.96. The fraction of sp³-hybridized carbons (Fsp3) is 0.250. The van der Waals surface area contributed by atoms with Crippen molar-refractivity contribution < 1.29 is 4.74 Å². The van der Waals surface area contributed by atoms with Crippen LogP contribution >= 0.6 is 0 Å². The van der Waals surface area contributed by atoms with Crippen molar-refractivity contribution in [3.05, 3.63) is 83.9 Å². The van der Waals surface area contributed by atoms with E-state index in [9.17, 15) is 0 Å². The zero-order valence-electron chi connectivity index (χ0n) is 16.1. The normalized spacial score (nSPS) is 11.8. The lowest BCUT2D eigenvalue weighted by Gasteiger charge is -2.26. The molecule has 1 unspecified atom stereocenters. The minimum Gasteiger partial charge on any atom is -0.497 e. The standard InChI is InChI=1S/C24H27NO/c1-5-19(3)20-8-12-22(13-9-20)25(21-10-6-18(2)7-11-21)23-14-16-24(26-4)17-15-23/h6-17,19H,5H2,1-4H3. The summed E-state index contributed by atoms with van der Waals surface area (Å²) in [5, 5.41) is 0. The van der Waals surface area contributed by atoms with Crippen LogP contribution in [0, 0.1) is 6.92 Å². The van der Waals surface area contributed by atoms with Crippen LogP contribution in [0.15, 0.2) is 72.8 Å². The van der Waals surface area contributed by atoms with Crippen molar-refractivity contribution in [1.82, 2.24) is 0 Å². The minimum absolute atomic E-state index is 0.581. The SMILES string of the molecule is CCC(C)c1ccc(N(c2ccc(C)cc2)c2ccc(OC)cc2)cc1. The lowest BCUT2D eigenvalue weighted by molar-refractivity contribution is 0.415. The first kappa shape index (κ1) is 18.1. The molecule has 0 aliphatic heterocycles. The predicted molar refractivity (Wildman–Crippen MR) is 111 cm³/mol. The quantitative estimate of drug-likeness (QED) is 0.477. The molecule has 3 rings (SSSR count). The highest BCUT2D eigenvalue weighted by atomic mass is 16.5. The van der Waals surface area contributed by atoms with E-state index in [-0.39, 0.29) is 0 Å². The van der Waals surface area contributed by atoms with E-state index in [1.807, 2.05) is 12.1 Å². The summed E-state index contributed by atoms with van der Waals surface area (Å²) in [6.07, 6.45) is 1.15. The van der Waals surface area contributed by atoms with Crippen molar-refractivity contribution in [2.24, 2.45) is 0 Å². The summed E-state index contributed by atoms with van der Waals surface area (Å²) >= 11 is 0. The van der Waals surface area contributed by atoms with Crippen molar-refractivity contribution >= 4 is 17.1 Å². The maximum Gasteiger partial charge on any atom is 0.119 e. The van der Waals surface area contributed by atoms with Gasteiger partial charge in [0, 0.05) is 17.1 Å². The summed E-state index contributed by atoms with van der Waals surface area (Å²) in [7, 11) is 1.69. The number of ether oxygens (including phenoxy) is 1. The summed E-state index contributed by atoms with van der Waals surface area (Å²) in [6, 6.07) is 25.8. The van der Waals surface area contributed by atoms with Crippen LogP contribution in [-0.2, 0) is 0 Å². The van der Waals surface area contributed by atoms with Crippen molar-refractivity contribution in [3.8, 4) is 5.75 Å². The molecule has 26 heavy (non-hydrogen) atoms. The molecule has 0 amide bonds. The second-order valence-corrected chi connectivity index (χ2v) is 6.77.